The molecule has 0 aliphatic heterocycles. The molecule has 0 amide bonds. The zero-order valence-corrected chi connectivity index (χ0v) is 15.6. The van der Waals surface area contributed by atoms with Gasteiger partial charge in [-0.3, -0.25) is 0 Å². The van der Waals surface area contributed by atoms with Crippen LogP contribution in [0.4, 0.5) is 0 Å². The van der Waals surface area contributed by atoms with Crippen LogP contribution < -0.4 is 4.72 Å². The Morgan fingerprint density at radius 2 is 1.82 bits per heavy atom. The molecular formula is C17H26ClNO2S. The molecule has 0 bridgehead atoms. The Hall–Kier alpha value is -0.580. The first-order valence-electron chi connectivity index (χ1n) is 7.79. The highest BCUT2D eigenvalue weighted by Gasteiger charge is 2.34. The maximum Gasteiger partial charge on any atom is 0.241 e. The molecule has 1 N–H and O–H groups in total. The number of benzene rings is 1. The zero-order chi connectivity index (χ0) is 16.7. The molecule has 2 atom stereocenters. The van der Waals surface area contributed by atoms with Crippen molar-refractivity contribution in [2.75, 3.05) is 0 Å². The highest BCUT2D eigenvalue weighted by atomic mass is 35.5. The van der Waals surface area contributed by atoms with Crippen LogP contribution in [0.25, 0.3) is 0 Å². The summed E-state index contributed by atoms with van der Waals surface area (Å²) in [4.78, 5) is 0.338. The summed E-state index contributed by atoms with van der Waals surface area (Å²) < 4.78 is 28.4. The molecule has 0 saturated heterocycles. The van der Waals surface area contributed by atoms with Gasteiger partial charge in [0.25, 0.3) is 0 Å². The van der Waals surface area contributed by atoms with E-state index in [1.54, 1.807) is 19.1 Å². The van der Waals surface area contributed by atoms with Gasteiger partial charge in [0.15, 0.2) is 0 Å². The summed E-state index contributed by atoms with van der Waals surface area (Å²) in [6.45, 7) is 10.2. The molecule has 0 aromatic heterocycles. The first kappa shape index (κ1) is 17.8. The lowest BCUT2D eigenvalue weighted by atomic mass is 9.71. The number of hydrogen-bond donors (Lipinski definition) is 1. The lowest BCUT2D eigenvalue weighted by Crippen LogP contribution is -2.43. The van der Waals surface area contributed by atoms with Crippen molar-refractivity contribution in [1.82, 2.24) is 4.72 Å². The van der Waals surface area contributed by atoms with Gasteiger partial charge in [-0.1, -0.05) is 32.4 Å². The van der Waals surface area contributed by atoms with Crippen LogP contribution in [-0.2, 0) is 10.0 Å². The molecule has 1 aromatic rings. The number of aryl methyl sites for hydroxylation is 2. The second-order valence-corrected chi connectivity index (χ2v) is 9.69. The molecule has 22 heavy (non-hydrogen) atoms. The van der Waals surface area contributed by atoms with Crippen molar-refractivity contribution in [3.63, 3.8) is 0 Å². The van der Waals surface area contributed by atoms with E-state index >= 15 is 0 Å². The van der Waals surface area contributed by atoms with Gasteiger partial charge in [-0.25, -0.2) is 13.1 Å². The lowest BCUT2D eigenvalue weighted by Gasteiger charge is -2.39. The summed E-state index contributed by atoms with van der Waals surface area (Å²) >= 11 is 6.07. The quantitative estimate of drug-likeness (QED) is 0.881. The molecule has 0 radical (unpaired) electrons. The fourth-order valence-electron chi connectivity index (χ4n) is 3.76. The minimum atomic E-state index is -3.51. The Kier molecular flexibility index (Phi) is 4.96. The Labute approximate surface area is 139 Å². The monoisotopic (exact) mass is 343 g/mol. The predicted molar refractivity (Wildman–Crippen MR) is 91.8 cm³/mol. The van der Waals surface area contributed by atoms with Gasteiger partial charge in [0.05, 0.1) is 4.90 Å². The Bertz CT molecular complexity index is 667. The van der Waals surface area contributed by atoms with E-state index < -0.39 is 10.0 Å². The number of hydrogen-bond acceptors (Lipinski definition) is 2. The molecule has 5 heteroatoms. The minimum absolute atomic E-state index is 0.000802. The van der Waals surface area contributed by atoms with Gasteiger partial charge in [-0.2, -0.15) is 0 Å². The standard InChI is InChI=1S/C17H26ClNO2S/c1-11-6-14(10-17(4,5)9-11)19-22(20,21)16-8-12(2)15(18)7-13(16)3/h7-8,11,14,19H,6,9-10H2,1-5H3. The van der Waals surface area contributed by atoms with E-state index in [-0.39, 0.29) is 11.5 Å². The van der Waals surface area contributed by atoms with Crippen LogP contribution in [0.5, 0.6) is 0 Å². The van der Waals surface area contributed by atoms with Crippen LogP contribution in [0.3, 0.4) is 0 Å². The molecule has 2 rings (SSSR count). The van der Waals surface area contributed by atoms with Gasteiger partial charge in [0.2, 0.25) is 10.0 Å². The van der Waals surface area contributed by atoms with Crippen molar-refractivity contribution in [3.8, 4) is 0 Å². The third kappa shape index (κ3) is 4.03. The normalized spacial score (nSPS) is 25.2. The van der Waals surface area contributed by atoms with E-state index in [4.69, 9.17) is 11.6 Å². The van der Waals surface area contributed by atoms with Crippen molar-refractivity contribution < 1.29 is 8.42 Å². The summed E-state index contributed by atoms with van der Waals surface area (Å²) in [7, 11) is -3.51. The summed E-state index contributed by atoms with van der Waals surface area (Å²) in [5.74, 6) is 0.532. The average molecular weight is 344 g/mol. The first-order valence-corrected chi connectivity index (χ1v) is 9.65. The minimum Gasteiger partial charge on any atom is -0.208 e. The van der Waals surface area contributed by atoms with E-state index in [2.05, 4.69) is 25.5 Å². The third-order valence-corrected chi connectivity index (χ3v) is 6.52. The topological polar surface area (TPSA) is 46.2 Å². The van der Waals surface area contributed by atoms with E-state index in [0.29, 0.717) is 21.4 Å². The van der Waals surface area contributed by atoms with Gasteiger partial charge in [0.1, 0.15) is 0 Å². The molecular weight excluding hydrogens is 318 g/mol. The maximum atomic E-state index is 12.7. The van der Waals surface area contributed by atoms with Crippen molar-refractivity contribution in [1.29, 1.82) is 0 Å². The SMILES string of the molecule is Cc1cc(S(=O)(=O)NC2CC(C)CC(C)(C)C2)c(C)cc1Cl. The van der Waals surface area contributed by atoms with Crippen LogP contribution in [0.2, 0.25) is 5.02 Å². The number of rotatable bonds is 3. The van der Waals surface area contributed by atoms with Gasteiger partial charge in [-0.05, 0) is 67.7 Å². The van der Waals surface area contributed by atoms with Crippen molar-refractivity contribution in [2.45, 2.75) is 64.8 Å². The summed E-state index contributed by atoms with van der Waals surface area (Å²) in [5.41, 5.74) is 1.65. The van der Waals surface area contributed by atoms with E-state index in [1.807, 2.05) is 6.92 Å². The van der Waals surface area contributed by atoms with Crippen LogP contribution >= 0.6 is 11.6 Å². The van der Waals surface area contributed by atoms with E-state index in [1.165, 1.54) is 0 Å². The average Bonchev–Trinajstić information content (AvgIpc) is 2.30. The number of halogens is 1. The van der Waals surface area contributed by atoms with Crippen LogP contribution in [-0.4, -0.2) is 14.5 Å². The zero-order valence-electron chi connectivity index (χ0n) is 14.0. The molecule has 1 aliphatic rings. The fraction of sp³-hybridized carbons (Fsp3) is 0.647. The van der Waals surface area contributed by atoms with E-state index in [0.717, 1.165) is 24.8 Å². The van der Waals surface area contributed by atoms with Gasteiger partial charge >= 0.3 is 0 Å². The Morgan fingerprint density at radius 1 is 1.18 bits per heavy atom. The van der Waals surface area contributed by atoms with Gasteiger partial charge < -0.3 is 0 Å². The molecule has 2 unspecified atom stereocenters. The summed E-state index contributed by atoms with van der Waals surface area (Å²) in [6.07, 6.45) is 2.92. The first-order chi connectivity index (χ1) is 10.00. The molecule has 0 spiro atoms. The molecule has 124 valence electrons. The van der Waals surface area contributed by atoms with Crippen molar-refractivity contribution in [3.05, 3.63) is 28.3 Å². The molecule has 1 aliphatic carbocycles. The second-order valence-electron chi connectivity index (χ2n) is 7.60. The predicted octanol–water partition coefficient (Wildman–Crippen LogP) is 4.45. The van der Waals surface area contributed by atoms with Crippen LogP contribution in [0.1, 0.15) is 51.2 Å². The Balaban J connectivity index is 2.27. The third-order valence-electron chi connectivity index (χ3n) is 4.45. The van der Waals surface area contributed by atoms with Crippen molar-refractivity contribution in [2.24, 2.45) is 11.3 Å². The molecule has 1 saturated carbocycles. The largest absolute Gasteiger partial charge is 0.241 e. The second kappa shape index (κ2) is 6.14. The fourth-order valence-corrected chi connectivity index (χ4v) is 5.54. The molecule has 1 fully saturated rings. The molecule has 0 heterocycles. The summed E-state index contributed by atoms with van der Waals surface area (Å²) in [5, 5.41) is 0.601. The number of nitrogens with one attached hydrogen (secondary N) is 1. The lowest BCUT2D eigenvalue weighted by molar-refractivity contribution is 0.163. The van der Waals surface area contributed by atoms with Crippen molar-refractivity contribution >= 4 is 21.6 Å². The van der Waals surface area contributed by atoms with Gasteiger partial charge in [0, 0.05) is 11.1 Å². The highest BCUT2D eigenvalue weighted by Crippen LogP contribution is 2.39. The highest BCUT2D eigenvalue weighted by molar-refractivity contribution is 7.89. The maximum absolute atomic E-state index is 12.7. The van der Waals surface area contributed by atoms with E-state index in [9.17, 15) is 8.42 Å². The Morgan fingerprint density at radius 3 is 2.41 bits per heavy atom. The van der Waals surface area contributed by atoms with Crippen LogP contribution in [0.15, 0.2) is 17.0 Å². The smallest absolute Gasteiger partial charge is 0.208 e. The number of sulfonamides is 1. The van der Waals surface area contributed by atoms with Gasteiger partial charge in [-0.15, -0.1) is 0 Å². The summed E-state index contributed by atoms with van der Waals surface area (Å²) in [6, 6.07) is 3.38. The molecule has 3 nitrogen and oxygen atoms in total. The van der Waals surface area contributed by atoms with Crippen LogP contribution in [0, 0.1) is 25.2 Å². The molecule has 1 aromatic carbocycles.